The summed E-state index contributed by atoms with van der Waals surface area (Å²) in [6, 6.07) is 5.79. The Morgan fingerprint density at radius 1 is 1.30 bits per heavy atom. The zero-order valence-corrected chi connectivity index (χ0v) is 14.9. The molecule has 1 heterocycles. The maximum Gasteiger partial charge on any atom is 0.249 e. The third kappa shape index (κ3) is 3.70. The van der Waals surface area contributed by atoms with Gasteiger partial charge in [-0.15, -0.1) is 10.2 Å². The Bertz CT molecular complexity index is 674. The average Bonchev–Trinajstić information content (AvgIpc) is 3.16. The zero-order chi connectivity index (χ0) is 16.4. The van der Waals surface area contributed by atoms with Gasteiger partial charge < -0.3 is 9.73 Å². The van der Waals surface area contributed by atoms with Crippen molar-refractivity contribution in [3.8, 4) is 11.5 Å². The molecule has 0 saturated heterocycles. The number of rotatable bonds is 5. The lowest BCUT2D eigenvalue weighted by molar-refractivity contribution is 0.328. The Balaban J connectivity index is 1.73. The van der Waals surface area contributed by atoms with Gasteiger partial charge in [0.25, 0.3) is 0 Å². The van der Waals surface area contributed by atoms with E-state index in [1.807, 2.05) is 0 Å². The molecule has 1 aliphatic rings. The molecule has 1 fully saturated rings. The molecule has 1 aromatic carbocycles. The normalized spacial score (nSPS) is 22.4. The maximum absolute atomic E-state index is 6.20. The van der Waals surface area contributed by atoms with E-state index in [4.69, 9.17) is 27.6 Å². The van der Waals surface area contributed by atoms with Crippen molar-refractivity contribution in [3.63, 3.8) is 0 Å². The number of benzene rings is 1. The van der Waals surface area contributed by atoms with Crippen LogP contribution < -0.4 is 5.32 Å². The van der Waals surface area contributed by atoms with Gasteiger partial charge in [-0.25, -0.2) is 0 Å². The van der Waals surface area contributed by atoms with Crippen molar-refractivity contribution in [2.24, 2.45) is 5.92 Å². The molecule has 0 bridgehead atoms. The summed E-state index contributed by atoms with van der Waals surface area (Å²) in [5, 5.41) is 13.0. The van der Waals surface area contributed by atoms with Crippen LogP contribution in [0.2, 0.25) is 10.0 Å². The first kappa shape index (κ1) is 16.7. The first-order valence-corrected chi connectivity index (χ1v) is 8.89. The van der Waals surface area contributed by atoms with E-state index in [1.165, 1.54) is 25.7 Å². The molecule has 1 N–H and O–H groups in total. The molecule has 0 spiro atoms. The summed E-state index contributed by atoms with van der Waals surface area (Å²) in [7, 11) is 0. The number of halogens is 2. The molecule has 1 aromatic heterocycles. The minimum Gasteiger partial charge on any atom is -0.419 e. The van der Waals surface area contributed by atoms with Crippen LogP contribution in [0, 0.1) is 5.92 Å². The Hall–Kier alpha value is -1.10. The third-order valence-electron chi connectivity index (χ3n) is 4.62. The summed E-state index contributed by atoms with van der Waals surface area (Å²) in [6.07, 6.45) is 5.02. The van der Waals surface area contributed by atoms with Crippen LogP contribution in [0.5, 0.6) is 0 Å². The number of hydrogen-bond donors (Lipinski definition) is 1. The Morgan fingerprint density at radius 3 is 2.87 bits per heavy atom. The Labute approximate surface area is 146 Å². The lowest BCUT2D eigenvalue weighted by Crippen LogP contribution is -2.34. The van der Waals surface area contributed by atoms with Gasteiger partial charge in [-0.05, 0) is 43.9 Å². The topological polar surface area (TPSA) is 51.0 Å². The largest absolute Gasteiger partial charge is 0.419 e. The van der Waals surface area contributed by atoms with Crippen molar-refractivity contribution in [2.45, 2.75) is 51.6 Å². The number of hydrogen-bond acceptors (Lipinski definition) is 4. The molecule has 1 saturated carbocycles. The van der Waals surface area contributed by atoms with Gasteiger partial charge in [-0.1, -0.05) is 43.0 Å². The molecule has 2 aromatic rings. The van der Waals surface area contributed by atoms with Gasteiger partial charge in [0, 0.05) is 11.1 Å². The van der Waals surface area contributed by atoms with Crippen LogP contribution in [0.25, 0.3) is 11.5 Å². The third-order valence-corrected chi connectivity index (χ3v) is 5.17. The number of nitrogens with zero attached hydrogens (tertiary/aromatic N) is 2. The van der Waals surface area contributed by atoms with Crippen molar-refractivity contribution in [3.05, 3.63) is 34.1 Å². The highest BCUT2D eigenvalue weighted by atomic mass is 35.5. The monoisotopic (exact) mass is 353 g/mol. The van der Waals surface area contributed by atoms with Crippen molar-refractivity contribution >= 4 is 23.2 Å². The summed E-state index contributed by atoms with van der Waals surface area (Å²) >= 11 is 12.1. The summed E-state index contributed by atoms with van der Waals surface area (Å²) in [5.74, 6) is 1.76. The lowest BCUT2D eigenvalue weighted by atomic mass is 10.00. The van der Waals surface area contributed by atoms with Crippen molar-refractivity contribution < 1.29 is 4.42 Å². The first-order chi connectivity index (χ1) is 11.1. The van der Waals surface area contributed by atoms with Gasteiger partial charge in [0.05, 0.1) is 16.6 Å². The highest BCUT2D eigenvalue weighted by Gasteiger charge is 2.28. The predicted molar refractivity (Wildman–Crippen MR) is 92.7 cm³/mol. The average molecular weight is 354 g/mol. The van der Waals surface area contributed by atoms with E-state index in [-0.39, 0.29) is 6.04 Å². The van der Waals surface area contributed by atoms with Crippen molar-refractivity contribution in [1.82, 2.24) is 15.5 Å². The molecule has 3 rings (SSSR count). The van der Waals surface area contributed by atoms with E-state index in [9.17, 15) is 0 Å². The summed E-state index contributed by atoms with van der Waals surface area (Å²) in [6.45, 7) is 4.31. The minimum absolute atomic E-state index is 0.0273. The van der Waals surface area contributed by atoms with E-state index >= 15 is 0 Å². The van der Waals surface area contributed by atoms with Crippen molar-refractivity contribution in [1.29, 1.82) is 0 Å². The fourth-order valence-electron chi connectivity index (χ4n) is 3.32. The molecule has 124 valence electrons. The van der Waals surface area contributed by atoms with Gasteiger partial charge in [-0.3, -0.25) is 0 Å². The van der Waals surface area contributed by atoms with E-state index in [2.05, 4.69) is 29.4 Å². The lowest BCUT2D eigenvalue weighted by Gasteiger charge is -2.22. The molecule has 4 nitrogen and oxygen atoms in total. The second-order valence-electron chi connectivity index (χ2n) is 6.16. The standard InChI is InChI=1S/C17H21Cl2N3O/c1-3-11-5-4-6-15(11)20-10(2)16-21-22-17(23-16)13-8-7-12(18)9-14(13)19/h7-11,15,20H,3-6H2,1-2H3/t10-,11+,15-/m0/s1. The van der Waals surface area contributed by atoms with Gasteiger partial charge >= 0.3 is 0 Å². The molecule has 1 aliphatic carbocycles. The van der Waals surface area contributed by atoms with Crippen LogP contribution in [0.1, 0.15) is 51.5 Å². The van der Waals surface area contributed by atoms with E-state index in [1.54, 1.807) is 18.2 Å². The molecule has 0 unspecified atom stereocenters. The summed E-state index contributed by atoms with van der Waals surface area (Å²) < 4.78 is 5.82. The van der Waals surface area contributed by atoms with E-state index in [0.717, 1.165) is 5.92 Å². The van der Waals surface area contributed by atoms with E-state index < -0.39 is 0 Å². The molecular weight excluding hydrogens is 333 g/mol. The Kier molecular flexibility index (Phi) is 5.24. The van der Waals surface area contributed by atoms with Crippen LogP contribution in [0.3, 0.4) is 0 Å². The minimum atomic E-state index is 0.0273. The predicted octanol–water partition coefficient (Wildman–Crippen LogP) is 5.27. The number of aromatic nitrogens is 2. The quantitative estimate of drug-likeness (QED) is 0.794. The van der Waals surface area contributed by atoms with Crippen LogP contribution in [-0.2, 0) is 0 Å². The molecule has 0 amide bonds. The van der Waals surface area contributed by atoms with Crippen LogP contribution >= 0.6 is 23.2 Å². The van der Waals surface area contributed by atoms with Gasteiger partial charge in [0.1, 0.15) is 0 Å². The smallest absolute Gasteiger partial charge is 0.249 e. The van der Waals surface area contributed by atoms with E-state index in [0.29, 0.717) is 33.4 Å². The Morgan fingerprint density at radius 2 is 2.13 bits per heavy atom. The van der Waals surface area contributed by atoms with Crippen LogP contribution in [0.15, 0.2) is 22.6 Å². The molecule has 0 radical (unpaired) electrons. The number of nitrogens with one attached hydrogen (secondary N) is 1. The van der Waals surface area contributed by atoms with Crippen LogP contribution in [0.4, 0.5) is 0 Å². The second-order valence-corrected chi connectivity index (χ2v) is 7.01. The molecule has 23 heavy (non-hydrogen) atoms. The molecular formula is C17H21Cl2N3O. The molecule has 6 heteroatoms. The fraction of sp³-hybridized carbons (Fsp3) is 0.529. The van der Waals surface area contributed by atoms with Gasteiger partial charge in [-0.2, -0.15) is 0 Å². The SMILES string of the molecule is CC[C@@H]1CCC[C@@H]1N[C@@H](C)c1nnc(-c2ccc(Cl)cc2Cl)o1. The van der Waals surface area contributed by atoms with Crippen molar-refractivity contribution in [2.75, 3.05) is 0 Å². The summed E-state index contributed by atoms with van der Waals surface area (Å²) in [4.78, 5) is 0. The maximum atomic E-state index is 6.20. The highest BCUT2D eigenvalue weighted by molar-refractivity contribution is 6.36. The van der Waals surface area contributed by atoms with Gasteiger partial charge in [0.15, 0.2) is 0 Å². The molecule has 3 atom stereocenters. The first-order valence-electron chi connectivity index (χ1n) is 8.13. The fourth-order valence-corrected chi connectivity index (χ4v) is 3.81. The summed E-state index contributed by atoms with van der Waals surface area (Å²) in [5.41, 5.74) is 0.703. The van der Waals surface area contributed by atoms with Crippen LogP contribution in [-0.4, -0.2) is 16.2 Å². The highest BCUT2D eigenvalue weighted by Crippen LogP contribution is 2.32. The van der Waals surface area contributed by atoms with Gasteiger partial charge in [0.2, 0.25) is 11.8 Å². The zero-order valence-electron chi connectivity index (χ0n) is 13.4. The molecule has 0 aliphatic heterocycles. The second kappa shape index (κ2) is 7.20.